The van der Waals surface area contributed by atoms with Crippen LogP contribution in [-0.2, 0) is 4.74 Å². The Morgan fingerprint density at radius 2 is 1.65 bits per heavy atom. The standard InChI is InChI=1S/C16H24F3N5O2/c1-11(16(17,18)19)21-13(10-20)22-12(2)23-6-8-24(9-7-23)14(25)26-15(3,4)5/h11H,6-9H2,1-5H3. The zero-order valence-electron chi connectivity index (χ0n) is 15.6. The molecule has 1 amide bonds. The van der Waals surface area contributed by atoms with Gasteiger partial charge in [-0.2, -0.15) is 18.4 Å². The Labute approximate surface area is 151 Å². The molecule has 146 valence electrons. The molecular formula is C16H24F3N5O2. The van der Waals surface area contributed by atoms with Crippen molar-refractivity contribution < 1.29 is 22.7 Å². The first-order chi connectivity index (χ1) is 11.8. The summed E-state index contributed by atoms with van der Waals surface area (Å²) in [6.07, 6.45) is -4.94. The van der Waals surface area contributed by atoms with Crippen LogP contribution in [0.4, 0.5) is 18.0 Å². The number of amides is 1. The van der Waals surface area contributed by atoms with Crippen molar-refractivity contribution in [2.75, 3.05) is 26.2 Å². The molecule has 1 atom stereocenters. The summed E-state index contributed by atoms with van der Waals surface area (Å²) in [7, 11) is 0. The SMILES string of the molecule is CC(=NC(C#N)=NC(C)C(F)(F)F)N1CCN(C(=O)OC(C)(C)C)CC1. The van der Waals surface area contributed by atoms with Gasteiger partial charge in [-0.15, -0.1) is 0 Å². The van der Waals surface area contributed by atoms with E-state index in [2.05, 4.69) is 9.98 Å². The minimum absolute atomic E-state index is 0.378. The van der Waals surface area contributed by atoms with Gasteiger partial charge in [0.05, 0.1) is 0 Å². The lowest BCUT2D eigenvalue weighted by molar-refractivity contribution is -0.142. The lowest BCUT2D eigenvalue weighted by Crippen LogP contribution is -2.51. The number of carbonyl (C=O) groups excluding carboxylic acids is 1. The summed E-state index contributed by atoms with van der Waals surface area (Å²) < 4.78 is 42.9. The number of piperazine rings is 1. The maximum absolute atomic E-state index is 12.5. The van der Waals surface area contributed by atoms with Crippen molar-refractivity contribution in [3.8, 4) is 6.07 Å². The quantitative estimate of drug-likeness (QED) is 0.521. The molecule has 7 nitrogen and oxygen atoms in total. The van der Waals surface area contributed by atoms with E-state index in [0.717, 1.165) is 6.92 Å². The summed E-state index contributed by atoms with van der Waals surface area (Å²) in [5.74, 6) is -0.148. The largest absolute Gasteiger partial charge is 0.444 e. The number of rotatable bonds is 1. The first kappa shape index (κ1) is 21.7. The number of ether oxygens (including phenoxy) is 1. The van der Waals surface area contributed by atoms with Crippen molar-refractivity contribution in [3.05, 3.63) is 0 Å². The third-order valence-corrected chi connectivity index (χ3v) is 3.55. The Morgan fingerprint density at radius 3 is 2.08 bits per heavy atom. The number of amidine groups is 2. The van der Waals surface area contributed by atoms with E-state index >= 15 is 0 Å². The number of halogens is 3. The van der Waals surface area contributed by atoms with Crippen LogP contribution >= 0.6 is 0 Å². The maximum Gasteiger partial charge on any atom is 0.410 e. The van der Waals surface area contributed by atoms with E-state index in [1.807, 2.05) is 0 Å². The number of nitrogens with zero attached hydrogens (tertiary/aromatic N) is 5. The molecule has 26 heavy (non-hydrogen) atoms. The molecule has 1 rings (SSSR count). The van der Waals surface area contributed by atoms with Crippen LogP contribution in [0.15, 0.2) is 9.98 Å². The Bertz CT molecular complexity index is 609. The molecule has 0 aromatic rings. The summed E-state index contributed by atoms with van der Waals surface area (Å²) in [4.78, 5) is 22.6. The number of aliphatic imine (C=N–C) groups is 2. The van der Waals surface area contributed by atoms with Gasteiger partial charge in [0.25, 0.3) is 0 Å². The Morgan fingerprint density at radius 1 is 1.15 bits per heavy atom. The second-order valence-corrected chi connectivity index (χ2v) is 6.90. The van der Waals surface area contributed by atoms with Gasteiger partial charge < -0.3 is 14.5 Å². The average Bonchev–Trinajstić information content (AvgIpc) is 2.51. The first-order valence-electron chi connectivity index (χ1n) is 8.16. The predicted molar refractivity (Wildman–Crippen MR) is 91.1 cm³/mol. The molecule has 0 saturated carbocycles. The van der Waals surface area contributed by atoms with E-state index in [9.17, 15) is 18.0 Å². The molecule has 0 aliphatic carbocycles. The van der Waals surface area contributed by atoms with Gasteiger partial charge in [0.2, 0.25) is 5.84 Å². The molecular weight excluding hydrogens is 351 g/mol. The summed E-state index contributed by atoms with van der Waals surface area (Å²) in [6, 6.07) is -0.423. The predicted octanol–water partition coefficient (Wildman–Crippen LogP) is 2.83. The van der Waals surface area contributed by atoms with E-state index in [4.69, 9.17) is 10.00 Å². The van der Waals surface area contributed by atoms with Crippen LogP contribution < -0.4 is 0 Å². The topological polar surface area (TPSA) is 81.3 Å². The van der Waals surface area contributed by atoms with Crippen LogP contribution in [0, 0.1) is 11.3 Å². The highest BCUT2D eigenvalue weighted by Crippen LogP contribution is 2.22. The molecule has 1 aliphatic rings. The third-order valence-electron chi connectivity index (χ3n) is 3.55. The lowest BCUT2D eigenvalue weighted by atomic mass is 10.2. The van der Waals surface area contributed by atoms with Crippen molar-refractivity contribution in [1.29, 1.82) is 5.26 Å². The Hall–Kier alpha value is -2.31. The number of hydrogen-bond donors (Lipinski definition) is 0. The van der Waals surface area contributed by atoms with Gasteiger partial charge in [-0.25, -0.2) is 14.8 Å². The summed E-state index contributed by atoms with van der Waals surface area (Å²) in [5, 5.41) is 8.97. The fourth-order valence-corrected chi connectivity index (χ4v) is 2.10. The summed E-state index contributed by atoms with van der Waals surface area (Å²) >= 11 is 0. The molecule has 0 radical (unpaired) electrons. The highest BCUT2D eigenvalue weighted by Gasteiger charge is 2.36. The highest BCUT2D eigenvalue weighted by molar-refractivity contribution is 6.04. The highest BCUT2D eigenvalue weighted by atomic mass is 19.4. The fraction of sp³-hybridized carbons (Fsp3) is 0.750. The van der Waals surface area contributed by atoms with Crippen LogP contribution in [0.1, 0.15) is 34.6 Å². The fourth-order valence-electron chi connectivity index (χ4n) is 2.10. The van der Waals surface area contributed by atoms with Gasteiger partial charge in [0.15, 0.2) is 0 Å². The van der Waals surface area contributed by atoms with E-state index in [0.29, 0.717) is 32.0 Å². The second-order valence-electron chi connectivity index (χ2n) is 6.90. The maximum atomic E-state index is 12.5. The Balaban J connectivity index is 2.71. The summed E-state index contributed by atoms with van der Waals surface area (Å²) in [5.41, 5.74) is -0.584. The van der Waals surface area contributed by atoms with Crippen molar-refractivity contribution in [2.45, 2.75) is 52.4 Å². The average molecular weight is 375 g/mol. The van der Waals surface area contributed by atoms with Crippen molar-refractivity contribution in [2.24, 2.45) is 9.98 Å². The van der Waals surface area contributed by atoms with Crippen LogP contribution in [-0.4, -0.2) is 71.6 Å². The van der Waals surface area contributed by atoms with E-state index in [1.54, 1.807) is 43.6 Å². The number of hydrogen-bond acceptors (Lipinski definition) is 4. The number of carbonyl (C=O) groups is 1. The zero-order valence-corrected chi connectivity index (χ0v) is 15.6. The first-order valence-corrected chi connectivity index (χ1v) is 8.16. The molecule has 1 saturated heterocycles. The van der Waals surface area contributed by atoms with Crippen LogP contribution in [0.25, 0.3) is 0 Å². The molecule has 0 aromatic carbocycles. The molecule has 0 bridgehead atoms. The smallest absolute Gasteiger partial charge is 0.410 e. The summed E-state index contributed by atoms with van der Waals surface area (Å²) in [6.45, 7) is 9.44. The third kappa shape index (κ3) is 6.90. The van der Waals surface area contributed by atoms with Gasteiger partial charge in [-0.3, -0.25) is 0 Å². The minimum atomic E-state index is -4.52. The van der Waals surface area contributed by atoms with Gasteiger partial charge in [-0.1, -0.05) is 0 Å². The molecule has 10 heteroatoms. The zero-order chi connectivity index (χ0) is 20.1. The van der Waals surface area contributed by atoms with Gasteiger partial charge >= 0.3 is 12.3 Å². The van der Waals surface area contributed by atoms with Crippen LogP contribution in [0.5, 0.6) is 0 Å². The number of nitriles is 1. The van der Waals surface area contributed by atoms with Crippen LogP contribution in [0.2, 0.25) is 0 Å². The van der Waals surface area contributed by atoms with Gasteiger partial charge in [0, 0.05) is 26.2 Å². The molecule has 0 N–H and O–H groups in total. The van der Waals surface area contributed by atoms with E-state index in [1.165, 1.54) is 0 Å². The Kier molecular flexibility index (Phi) is 7.00. The van der Waals surface area contributed by atoms with Gasteiger partial charge in [0.1, 0.15) is 23.5 Å². The molecule has 0 spiro atoms. The monoisotopic (exact) mass is 375 g/mol. The minimum Gasteiger partial charge on any atom is -0.444 e. The van der Waals surface area contributed by atoms with Gasteiger partial charge in [-0.05, 0) is 34.6 Å². The molecule has 1 heterocycles. The van der Waals surface area contributed by atoms with Crippen molar-refractivity contribution >= 4 is 17.8 Å². The second kappa shape index (κ2) is 8.38. The van der Waals surface area contributed by atoms with Crippen LogP contribution in [0.3, 0.4) is 0 Å². The molecule has 1 unspecified atom stereocenters. The van der Waals surface area contributed by atoms with E-state index < -0.39 is 29.7 Å². The van der Waals surface area contributed by atoms with Crippen molar-refractivity contribution in [3.63, 3.8) is 0 Å². The normalized spacial score (nSPS) is 18.4. The molecule has 1 fully saturated rings. The van der Waals surface area contributed by atoms with Crippen molar-refractivity contribution in [1.82, 2.24) is 9.80 Å². The molecule has 1 aliphatic heterocycles. The lowest BCUT2D eigenvalue weighted by Gasteiger charge is -2.36. The number of alkyl halides is 3. The molecule has 0 aromatic heterocycles. The van der Waals surface area contributed by atoms with E-state index in [-0.39, 0.29) is 0 Å².